The van der Waals surface area contributed by atoms with Gasteiger partial charge in [0.1, 0.15) is 11.3 Å². The molecule has 4 rings (SSSR count). The average molecular weight is 357 g/mol. The minimum Gasteiger partial charge on any atom is -0.465 e. The summed E-state index contributed by atoms with van der Waals surface area (Å²) in [5, 5.41) is 10.4. The number of hydrogen-bond donors (Lipinski definition) is 1. The number of thiazole rings is 1. The molecule has 0 saturated carbocycles. The fourth-order valence-corrected chi connectivity index (χ4v) is 3.70. The molecule has 3 heterocycles. The smallest absolute Gasteiger partial charge is 0.220 e. The van der Waals surface area contributed by atoms with Crippen LogP contribution < -0.4 is 9.64 Å². The van der Waals surface area contributed by atoms with Crippen molar-refractivity contribution in [2.45, 2.75) is 26.1 Å². The molecule has 0 radical (unpaired) electrons. The molecular weight excluding hydrogens is 338 g/mol. The van der Waals surface area contributed by atoms with E-state index in [9.17, 15) is 5.11 Å². The van der Waals surface area contributed by atoms with Gasteiger partial charge in [0.2, 0.25) is 5.89 Å². The number of anilines is 1. The van der Waals surface area contributed by atoms with Crippen LogP contribution in [0.5, 0.6) is 5.75 Å². The van der Waals surface area contributed by atoms with Crippen molar-refractivity contribution in [1.82, 2.24) is 9.97 Å². The number of aromatic nitrogens is 2. The number of ether oxygens (including phenoxy) is 1. The number of aliphatic hydroxyl groups is 1. The minimum absolute atomic E-state index is 0.528. The highest BCUT2D eigenvalue weighted by atomic mass is 32.1. The van der Waals surface area contributed by atoms with Crippen LogP contribution in [0.4, 0.5) is 5.13 Å². The molecule has 1 aliphatic heterocycles. The summed E-state index contributed by atoms with van der Waals surface area (Å²) >= 11 is 1.68. The molecule has 0 aliphatic carbocycles. The Balaban J connectivity index is 1.50. The molecule has 1 unspecified atom stereocenters. The van der Waals surface area contributed by atoms with Crippen molar-refractivity contribution in [2.24, 2.45) is 0 Å². The SMILES string of the molecule is CC(O)Oc1ccc2nc(C=Cc3cnc(N4CCCC4)s3)oc2c1. The first-order valence-corrected chi connectivity index (χ1v) is 9.13. The second-order valence-electron chi connectivity index (χ2n) is 5.97. The lowest BCUT2D eigenvalue weighted by Gasteiger charge is -2.11. The van der Waals surface area contributed by atoms with E-state index in [2.05, 4.69) is 14.9 Å². The van der Waals surface area contributed by atoms with Gasteiger partial charge < -0.3 is 19.2 Å². The van der Waals surface area contributed by atoms with E-state index in [1.54, 1.807) is 30.4 Å². The third kappa shape index (κ3) is 3.67. The zero-order valence-corrected chi connectivity index (χ0v) is 14.7. The van der Waals surface area contributed by atoms with E-state index in [1.165, 1.54) is 12.8 Å². The monoisotopic (exact) mass is 357 g/mol. The van der Waals surface area contributed by atoms with Gasteiger partial charge in [-0.15, -0.1) is 0 Å². The normalized spacial score (nSPS) is 16.2. The van der Waals surface area contributed by atoms with E-state index in [-0.39, 0.29) is 0 Å². The van der Waals surface area contributed by atoms with Gasteiger partial charge in [-0.05, 0) is 38.0 Å². The summed E-state index contributed by atoms with van der Waals surface area (Å²) in [6.45, 7) is 3.75. The van der Waals surface area contributed by atoms with Gasteiger partial charge in [-0.2, -0.15) is 0 Å². The maximum absolute atomic E-state index is 9.29. The first-order valence-electron chi connectivity index (χ1n) is 8.31. The summed E-state index contributed by atoms with van der Waals surface area (Å²) in [7, 11) is 0. The Hall–Kier alpha value is -2.38. The number of benzene rings is 1. The van der Waals surface area contributed by atoms with Gasteiger partial charge >= 0.3 is 0 Å². The zero-order chi connectivity index (χ0) is 17.2. The molecule has 0 bridgehead atoms. The average Bonchev–Trinajstić information content (AvgIpc) is 3.31. The minimum atomic E-state index is -0.865. The van der Waals surface area contributed by atoms with E-state index < -0.39 is 6.29 Å². The van der Waals surface area contributed by atoms with Crippen LogP contribution in [0.25, 0.3) is 23.3 Å². The van der Waals surface area contributed by atoms with Gasteiger partial charge in [0.15, 0.2) is 17.0 Å². The fraction of sp³-hybridized carbons (Fsp3) is 0.333. The van der Waals surface area contributed by atoms with E-state index in [1.807, 2.05) is 24.4 Å². The number of aliphatic hydroxyl groups excluding tert-OH is 1. The standard InChI is InChI=1S/C18H19N3O3S/c1-12(22)23-13-4-6-15-16(10-13)24-17(20-15)7-5-14-11-19-18(25-14)21-8-2-3-9-21/h4-7,10-12,22H,2-3,8-9H2,1H3. The molecule has 1 aromatic carbocycles. The molecule has 7 heteroatoms. The van der Waals surface area contributed by atoms with Crippen LogP contribution >= 0.6 is 11.3 Å². The molecule has 0 amide bonds. The first-order chi connectivity index (χ1) is 12.2. The molecule has 0 spiro atoms. The van der Waals surface area contributed by atoms with Crippen LogP contribution in [0, 0.1) is 0 Å². The Morgan fingerprint density at radius 2 is 2.16 bits per heavy atom. The third-order valence-corrected chi connectivity index (χ3v) is 4.98. The lowest BCUT2D eigenvalue weighted by molar-refractivity contribution is -0.000226. The van der Waals surface area contributed by atoms with E-state index in [4.69, 9.17) is 9.15 Å². The summed E-state index contributed by atoms with van der Waals surface area (Å²) < 4.78 is 11.0. The highest BCUT2D eigenvalue weighted by Crippen LogP contribution is 2.27. The fourth-order valence-electron chi connectivity index (χ4n) is 2.83. The molecule has 2 aromatic heterocycles. The van der Waals surface area contributed by atoms with Crippen LogP contribution in [0.3, 0.4) is 0 Å². The Bertz CT molecular complexity index is 894. The zero-order valence-electron chi connectivity index (χ0n) is 13.9. The van der Waals surface area contributed by atoms with Crippen molar-refractivity contribution in [3.63, 3.8) is 0 Å². The molecule has 1 aliphatic rings. The van der Waals surface area contributed by atoms with Crippen molar-refractivity contribution < 1.29 is 14.3 Å². The Morgan fingerprint density at radius 3 is 2.96 bits per heavy atom. The first kappa shape index (κ1) is 16.1. The molecule has 1 atom stereocenters. The third-order valence-electron chi connectivity index (χ3n) is 3.96. The van der Waals surface area contributed by atoms with E-state index in [0.29, 0.717) is 17.2 Å². The van der Waals surface area contributed by atoms with Gasteiger partial charge in [-0.1, -0.05) is 11.3 Å². The highest BCUT2D eigenvalue weighted by molar-refractivity contribution is 7.16. The number of rotatable bonds is 5. The summed E-state index contributed by atoms with van der Waals surface area (Å²) in [5.41, 5.74) is 1.37. The van der Waals surface area contributed by atoms with Crippen LogP contribution in [-0.2, 0) is 0 Å². The van der Waals surface area contributed by atoms with E-state index >= 15 is 0 Å². The predicted molar refractivity (Wildman–Crippen MR) is 98.8 cm³/mol. The summed E-state index contributed by atoms with van der Waals surface area (Å²) in [6.07, 6.45) is 7.32. The molecule has 1 saturated heterocycles. The summed E-state index contributed by atoms with van der Waals surface area (Å²) in [4.78, 5) is 12.3. The maximum atomic E-state index is 9.29. The van der Waals surface area contributed by atoms with Crippen LogP contribution in [0.1, 0.15) is 30.5 Å². The molecule has 130 valence electrons. The van der Waals surface area contributed by atoms with Crippen molar-refractivity contribution in [3.05, 3.63) is 35.2 Å². The lowest BCUT2D eigenvalue weighted by atomic mass is 10.3. The van der Waals surface area contributed by atoms with Crippen molar-refractivity contribution in [3.8, 4) is 5.75 Å². The van der Waals surface area contributed by atoms with Crippen LogP contribution in [0.2, 0.25) is 0 Å². The van der Waals surface area contributed by atoms with Gasteiger partial charge in [0.25, 0.3) is 0 Å². The molecule has 3 aromatic rings. The van der Waals surface area contributed by atoms with Gasteiger partial charge in [0, 0.05) is 36.3 Å². The number of fused-ring (bicyclic) bond motifs is 1. The van der Waals surface area contributed by atoms with Gasteiger partial charge in [-0.25, -0.2) is 9.97 Å². The molecular formula is C18H19N3O3S. The Labute approximate surface area is 149 Å². The number of hydrogen-bond acceptors (Lipinski definition) is 7. The predicted octanol–water partition coefficient (Wildman–Crippen LogP) is 3.77. The summed E-state index contributed by atoms with van der Waals surface area (Å²) in [5.74, 6) is 1.08. The Kier molecular flexibility index (Phi) is 4.42. The lowest BCUT2D eigenvalue weighted by Crippen LogP contribution is -2.16. The second kappa shape index (κ2) is 6.85. The van der Waals surface area contributed by atoms with Crippen molar-refractivity contribution in [2.75, 3.05) is 18.0 Å². The topological polar surface area (TPSA) is 71.6 Å². The molecule has 6 nitrogen and oxygen atoms in total. The van der Waals surface area contributed by atoms with Crippen LogP contribution in [-0.4, -0.2) is 34.5 Å². The Morgan fingerprint density at radius 1 is 1.32 bits per heavy atom. The quantitative estimate of drug-likeness (QED) is 0.701. The largest absolute Gasteiger partial charge is 0.465 e. The van der Waals surface area contributed by atoms with E-state index in [0.717, 1.165) is 28.6 Å². The highest BCUT2D eigenvalue weighted by Gasteiger charge is 2.15. The van der Waals surface area contributed by atoms with Crippen LogP contribution in [0.15, 0.2) is 28.8 Å². The molecule has 25 heavy (non-hydrogen) atoms. The molecule has 1 N–H and O–H groups in total. The maximum Gasteiger partial charge on any atom is 0.220 e. The van der Waals surface area contributed by atoms with Gasteiger partial charge in [-0.3, -0.25) is 0 Å². The van der Waals surface area contributed by atoms with Crippen molar-refractivity contribution in [1.29, 1.82) is 0 Å². The number of nitrogens with zero attached hydrogens (tertiary/aromatic N) is 3. The van der Waals surface area contributed by atoms with Crippen molar-refractivity contribution >= 4 is 39.7 Å². The summed E-state index contributed by atoms with van der Waals surface area (Å²) in [6, 6.07) is 5.30. The number of oxazole rings is 1. The molecule has 1 fully saturated rings. The van der Waals surface area contributed by atoms with Gasteiger partial charge in [0.05, 0.1) is 0 Å². The second-order valence-corrected chi connectivity index (χ2v) is 7.01.